The number of benzene rings is 1. The Bertz CT molecular complexity index is 381. The maximum atomic E-state index is 14.0. The first kappa shape index (κ1) is 17.6. The van der Waals surface area contributed by atoms with E-state index in [1.165, 1.54) is 32.1 Å². The van der Waals surface area contributed by atoms with Gasteiger partial charge in [-0.3, -0.25) is 0 Å². The van der Waals surface area contributed by atoms with Crippen molar-refractivity contribution in [3.63, 3.8) is 0 Å². The molecule has 1 N–H and O–H groups in total. The molecule has 0 aliphatic carbocycles. The molecule has 0 amide bonds. The lowest BCUT2D eigenvalue weighted by Crippen LogP contribution is -2.21. The Morgan fingerprint density at radius 1 is 1.10 bits per heavy atom. The molecule has 0 aliphatic heterocycles. The highest BCUT2D eigenvalue weighted by Gasteiger charge is 2.14. The van der Waals surface area contributed by atoms with Gasteiger partial charge in [0.2, 0.25) is 0 Å². The largest absolute Gasteiger partial charge is 0.310 e. The molecular formula is C17H27BrFN. The van der Waals surface area contributed by atoms with Gasteiger partial charge in [0.25, 0.3) is 0 Å². The van der Waals surface area contributed by atoms with Gasteiger partial charge in [-0.25, -0.2) is 4.39 Å². The zero-order valence-corrected chi connectivity index (χ0v) is 14.3. The normalized spacial score (nSPS) is 12.6. The summed E-state index contributed by atoms with van der Waals surface area (Å²) in [7, 11) is 0. The van der Waals surface area contributed by atoms with Crippen LogP contribution >= 0.6 is 15.9 Å². The average molecular weight is 344 g/mol. The Hall–Kier alpha value is -0.410. The number of hydrogen-bond donors (Lipinski definition) is 1. The molecule has 0 heterocycles. The molecule has 0 spiro atoms. The molecule has 3 heteroatoms. The van der Waals surface area contributed by atoms with Gasteiger partial charge in [0, 0.05) is 16.1 Å². The summed E-state index contributed by atoms with van der Waals surface area (Å²) < 4.78 is 14.8. The summed E-state index contributed by atoms with van der Waals surface area (Å²) in [5, 5.41) is 3.41. The van der Waals surface area contributed by atoms with E-state index >= 15 is 0 Å². The number of halogens is 2. The second-order valence-corrected chi connectivity index (χ2v) is 6.25. The quantitative estimate of drug-likeness (QED) is 0.514. The lowest BCUT2D eigenvalue weighted by molar-refractivity contribution is 0.457. The van der Waals surface area contributed by atoms with Crippen molar-refractivity contribution in [1.82, 2.24) is 5.32 Å². The Morgan fingerprint density at radius 3 is 2.45 bits per heavy atom. The van der Waals surface area contributed by atoms with Gasteiger partial charge in [0.1, 0.15) is 5.82 Å². The van der Waals surface area contributed by atoms with Gasteiger partial charge < -0.3 is 5.32 Å². The summed E-state index contributed by atoms with van der Waals surface area (Å²) in [6.07, 6.45) is 8.67. The van der Waals surface area contributed by atoms with Gasteiger partial charge in [-0.1, -0.05) is 74.4 Å². The van der Waals surface area contributed by atoms with Crippen molar-refractivity contribution in [2.75, 3.05) is 6.54 Å². The topological polar surface area (TPSA) is 12.0 Å². The van der Waals surface area contributed by atoms with Gasteiger partial charge in [-0.15, -0.1) is 0 Å². The van der Waals surface area contributed by atoms with Crippen LogP contribution < -0.4 is 5.32 Å². The van der Waals surface area contributed by atoms with Crippen LogP contribution in [0.4, 0.5) is 4.39 Å². The molecule has 0 radical (unpaired) electrons. The highest BCUT2D eigenvalue weighted by Crippen LogP contribution is 2.25. The van der Waals surface area contributed by atoms with Crippen molar-refractivity contribution in [3.05, 3.63) is 34.1 Å². The average Bonchev–Trinajstić information content (AvgIpc) is 2.42. The minimum atomic E-state index is -0.115. The molecule has 1 rings (SSSR count). The van der Waals surface area contributed by atoms with Crippen molar-refractivity contribution in [1.29, 1.82) is 0 Å². The summed E-state index contributed by atoms with van der Waals surface area (Å²) in [5.41, 5.74) is 0.795. The fourth-order valence-corrected chi connectivity index (χ4v) is 2.86. The molecule has 0 saturated heterocycles. The Balaban J connectivity index is 2.47. The minimum Gasteiger partial charge on any atom is -0.310 e. The van der Waals surface area contributed by atoms with E-state index in [-0.39, 0.29) is 11.9 Å². The van der Waals surface area contributed by atoms with E-state index in [4.69, 9.17) is 0 Å². The molecule has 1 unspecified atom stereocenters. The first-order valence-electron chi connectivity index (χ1n) is 7.87. The third-order valence-electron chi connectivity index (χ3n) is 3.63. The number of nitrogens with one attached hydrogen (secondary N) is 1. The molecule has 1 atom stereocenters. The van der Waals surface area contributed by atoms with E-state index in [1.54, 1.807) is 6.07 Å². The van der Waals surface area contributed by atoms with Gasteiger partial charge >= 0.3 is 0 Å². The van der Waals surface area contributed by atoms with Gasteiger partial charge in [0.15, 0.2) is 0 Å². The summed E-state index contributed by atoms with van der Waals surface area (Å²) in [5.74, 6) is -0.115. The molecule has 0 bridgehead atoms. The van der Waals surface area contributed by atoms with Crippen LogP contribution in [0.15, 0.2) is 22.7 Å². The highest BCUT2D eigenvalue weighted by atomic mass is 79.9. The summed E-state index contributed by atoms with van der Waals surface area (Å²) in [6.45, 7) is 5.18. The molecule has 1 aromatic carbocycles. The summed E-state index contributed by atoms with van der Waals surface area (Å²) in [6, 6.07) is 5.51. The molecular weight excluding hydrogens is 317 g/mol. The summed E-state index contributed by atoms with van der Waals surface area (Å²) >= 11 is 3.31. The van der Waals surface area contributed by atoms with Gasteiger partial charge in [0.05, 0.1) is 0 Å². The van der Waals surface area contributed by atoms with Gasteiger partial charge in [-0.05, 0) is 25.1 Å². The van der Waals surface area contributed by atoms with E-state index in [9.17, 15) is 4.39 Å². The molecule has 0 fully saturated rings. The van der Waals surface area contributed by atoms with Crippen molar-refractivity contribution in [2.45, 2.75) is 64.8 Å². The second kappa shape index (κ2) is 10.3. The van der Waals surface area contributed by atoms with Crippen molar-refractivity contribution in [3.8, 4) is 0 Å². The Morgan fingerprint density at radius 2 is 1.80 bits per heavy atom. The van der Waals surface area contributed by atoms with Crippen LogP contribution in [-0.2, 0) is 0 Å². The van der Waals surface area contributed by atoms with Crippen LogP contribution in [0.2, 0.25) is 0 Å². The maximum absolute atomic E-state index is 14.0. The first-order chi connectivity index (χ1) is 9.69. The minimum absolute atomic E-state index is 0.115. The zero-order valence-electron chi connectivity index (χ0n) is 12.7. The van der Waals surface area contributed by atoms with Crippen LogP contribution in [0, 0.1) is 5.82 Å². The van der Waals surface area contributed by atoms with Crippen molar-refractivity contribution >= 4 is 15.9 Å². The Labute approximate surface area is 131 Å². The maximum Gasteiger partial charge on any atom is 0.129 e. The second-order valence-electron chi connectivity index (χ2n) is 5.33. The molecule has 0 aromatic heterocycles. The number of hydrogen-bond acceptors (Lipinski definition) is 1. The number of rotatable bonds is 10. The predicted molar refractivity (Wildman–Crippen MR) is 88.5 cm³/mol. The molecule has 0 saturated carbocycles. The molecule has 1 nitrogen and oxygen atoms in total. The lowest BCUT2D eigenvalue weighted by atomic mass is 9.99. The summed E-state index contributed by atoms with van der Waals surface area (Å²) in [4.78, 5) is 0. The monoisotopic (exact) mass is 343 g/mol. The van der Waals surface area contributed by atoms with Crippen molar-refractivity contribution in [2.24, 2.45) is 0 Å². The van der Waals surface area contributed by atoms with E-state index in [0.717, 1.165) is 29.4 Å². The molecule has 1 aromatic rings. The van der Waals surface area contributed by atoms with E-state index in [0.29, 0.717) is 0 Å². The molecule has 114 valence electrons. The van der Waals surface area contributed by atoms with Gasteiger partial charge in [-0.2, -0.15) is 0 Å². The van der Waals surface area contributed by atoms with Crippen LogP contribution in [0.1, 0.15) is 70.4 Å². The Kier molecular flexibility index (Phi) is 9.12. The highest BCUT2D eigenvalue weighted by molar-refractivity contribution is 9.10. The van der Waals surface area contributed by atoms with Crippen LogP contribution in [-0.4, -0.2) is 6.54 Å². The number of unbranched alkanes of at least 4 members (excludes halogenated alkanes) is 5. The third-order valence-corrected chi connectivity index (χ3v) is 4.13. The van der Waals surface area contributed by atoms with E-state index in [1.807, 2.05) is 12.1 Å². The van der Waals surface area contributed by atoms with Crippen LogP contribution in [0.25, 0.3) is 0 Å². The zero-order chi connectivity index (χ0) is 14.8. The van der Waals surface area contributed by atoms with Crippen LogP contribution in [0.5, 0.6) is 0 Å². The van der Waals surface area contributed by atoms with E-state index < -0.39 is 0 Å². The molecule has 20 heavy (non-hydrogen) atoms. The molecule has 0 aliphatic rings. The smallest absolute Gasteiger partial charge is 0.129 e. The fraction of sp³-hybridized carbons (Fsp3) is 0.647. The predicted octanol–water partition coefficient (Wildman–Crippen LogP) is 5.99. The lowest BCUT2D eigenvalue weighted by Gasteiger charge is -2.19. The van der Waals surface area contributed by atoms with Crippen LogP contribution in [0.3, 0.4) is 0 Å². The SMILES string of the molecule is CCCCCCCCC(NCC)c1ccc(Br)cc1F. The third kappa shape index (κ3) is 6.36. The van der Waals surface area contributed by atoms with E-state index in [2.05, 4.69) is 35.1 Å². The van der Waals surface area contributed by atoms with Crippen molar-refractivity contribution < 1.29 is 4.39 Å². The first-order valence-corrected chi connectivity index (χ1v) is 8.66. The standard InChI is InChI=1S/C17H27BrFN/c1-3-5-6-7-8-9-10-17(20-4-2)15-12-11-14(18)13-16(15)19/h11-13,17,20H,3-10H2,1-2H3. The fourth-order valence-electron chi connectivity index (χ4n) is 2.53.